The Labute approximate surface area is 240 Å². The van der Waals surface area contributed by atoms with E-state index in [1.54, 1.807) is 62.4 Å². The number of carbonyl (C=O) groups excluding carboxylic acids is 2. The monoisotopic (exact) mass is 564 g/mol. The van der Waals surface area contributed by atoms with Crippen molar-refractivity contribution in [1.29, 1.82) is 0 Å². The smallest absolute Gasteiger partial charge is 0.309 e. The number of ether oxygens (including phenoxy) is 1. The number of rotatable bonds is 8. The van der Waals surface area contributed by atoms with Gasteiger partial charge in [0.05, 0.1) is 10.8 Å². The molecule has 0 radical (unpaired) electrons. The third kappa shape index (κ3) is 5.18. The topological polar surface area (TPSA) is 142 Å². The zero-order valence-corrected chi connectivity index (χ0v) is 24.5. The molecule has 0 bridgehead atoms. The lowest BCUT2D eigenvalue weighted by atomic mass is 9.65. The van der Waals surface area contributed by atoms with Crippen molar-refractivity contribution in [3.63, 3.8) is 0 Å². The first-order valence-corrected chi connectivity index (χ1v) is 14.0. The number of nitrogens with one attached hydrogen (secondary N) is 2. The van der Waals surface area contributed by atoms with Crippen molar-refractivity contribution in [3.05, 3.63) is 48.5 Å². The first-order valence-electron chi connectivity index (χ1n) is 14.0. The molecule has 4 N–H and O–H groups in total. The molecule has 2 amide bonds. The van der Waals surface area contributed by atoms with Gasteiger partial charge in [-0.2, -0.15) is 0 Å². The van der Waals surface area contributed by atoms with Crippen molar-refractivity contribution in [3.8, 4) is 11.5 Å². The van der Waals surface area contributed by atoms with Gasteiger partial charge in [0.2, 0.25) is 11.8 Å². The van der Waals surface area contributed by atoms with Gasteiger partial charge < -0.3 is 25.6 Å². The van der Waals surface area contributed by atoms with E-state index in [1.807, 2.05) is 27.7 Å². The summed E-state index contributed by atoms with van der Waals surface area (Å²) in [6.07, 6.45) is 1.93. The van der Waals surface area contributed by atoms with Gasteiger partial charge in [-0.05, 0) is 98.9 Å². The standard InChI is InChI=1S/C32H40N2O7/c1-29(2)23(15-17-31(29,5)27(37)38)25(35)33-19-7-11-21(12-8-19)41-22-13-9-20(10-14-22)34-26(36)24-16-18-32(6,28(39)40)30(24,3)4/h7-14,23-24H,15-18H2,1-6H3,(H,33,35)(H,34,36)(H,37,38)(H,39,40). The molecule has 4 rings (SSSR count). The lowest BCUT2D eigenvalue weighted by molar-refractivity contribution is -0.156. The molecule has 0 spiro atoms. The Bertz CT molecular complexity index is 1250. The van der Waals surface area contributed by atoms with Gasteiger partial charge in [0.15, 0.2) is 0 Å². The number of hydrogen-bond donors (Lipinski definition) is 4. The molecule has 2 fully saturated rings. The SMILES string of the molecule is CC1(C(=O)O)CCC(C(=O)Nc2ccc(Oc3ccc(NC(=O)C4CCC(C)(C(=O)O)C4(C)C)cc3)cc2)C1(C)C. The van der Waals surface area contributed by atoms with Crippen LogP contribution < -0.4 is 15.4 Å². The third-order valence-electron chi connectivity index (χ3n) is 10.5. The van der Waals surface area contributed by atoms with Gasteiger partial charge in [0.25, 0.3) is 0 Å². The van der Waals surface area contributed by atoms with Crippen LogP contribution in [0.5, 0.6) is 11.5 Å². The second-order valence-corrected chi connectivity index (χ2v) is 13.0. The molecule has 2 saturated carbocycles. The van der Waals surface area contributed by atoms with E-state index in [-0.39, 0.29) is 11.8 Å². The van der Waals surface area contributed by atoms with E-state index >= 15 is 0 Å². The largest absolute Gasteiger partial charge is 0.481 e. The number of anilines is 2. The van der Waals surface area contributed by atoms with Crippen LogP contribution in [0.15, 0.2) is 48.5 Å². The Balaban J connectivity index is 1.33. The number of carboxylic acids is 2. The van der Waals surface area contributed by atoms with E-state index in [0.29, 0.717) is 48.6 Å². The Morgan fingerprint density at radius 2 is 0.951 bits per heavy atom. The van der Waals surface area contributed by atoms with E-state index in [2.05, 4.69) is 10.6 Å². The van der Waals surface area contributed by atoms with Gasteiger partial charge >= 0.3 is 11.9 Å². The highest BCUT2D eigenvalue weighted by molar-refractivity contribution is 5.95. The molecule has 4 atom stereocenters. The number of amides is 2. The summed E-state index contributed by atoms with van der Waals surface area (Å²) in [5.74, 6) is -1.87. The summed E-state index contributed by atoms with van der Waals surface area (Å²) in [6.45, 7) is 10.8. The molecule has 0 aliphatic heterocycles. The highest BCUT2D eigenvalue weighted by Crippen LogP contribution is 2.57. The fourth-order valence-corrected chi connectivity index (χ4v) is 6.49. The number of benzene rings is 2. The van der Waals surface area contributed by atoms with Gasteiger partial charge in [-0.15, -0.1) is 0 Å². The van der Waals surface area contributed by atoms with Gasteiger partial charge in [0, 0.05) is 23.2 Å². The van der Waals surface area contributed by atoms with E-state index < -0.39 is 45.4 Å². The zero-order valence-electron chi connectivity index (χ0n) is 24.5. The lowest BCUT2D eigenvalue weighted by Crippen LogP contribution is -2.43. The normalized spacial score (nSPS) is 28.0. The first kappa shape index (κ1) is 30.1. The van der Waals surface area contributed by atoms with Crippen LogP contribution in [0.25, 0.3) is 0 Å². The second-order valence-electron chi connectivity index (χ2n) is 13.0. The average molecular weight is 565 g/mol. The van der Waals surface area contributed by atoms with Crippen molar-refractivity contribution < 1.29 is 34.1 Å². The molecule has 9 heteroatoms. The van der Waals surface area contributed by atoms with Crippen LogP contribution in [0.4, 0.5) is 11.4 Å². The van der Waals surface area contributed by atoms with Crippen LogP contribution in [-0.4, -0.2) is 34.0 Å². The number of carbonyl (C=O) groups is 4. The number of aliphatic carboxylic acids is 2. The predicted octanol–water partition coefficient (Wildman–Crippen LogP) is 6.41. The molecule has 2 aromatic rings. The van der Waals surface area contributed by atoms with Crippen LogP contribution in [0, 0.1) is 33.5 Å². The quantitative estimate of drug-likeness (QED) is 0.290. The second kappa shape index (κ2) is 10.5. The Kier molecular flexibility index (Phi) is 7.71. The molecule has 2 aliphatic carbocycles. The molecular formula is C32H40N2O7. The maximum absolute atomic E-state index is 13.0. The summed E-state index contributed by atoms with van der Waals surface area (Å²) in [5.41, 5.74) is -2.11. The summed E-state index contributed by atoms with van der Waals surface area (Å²) in [6, 6.07) is 13.8. The van der Waals surface area contributed by atoms with Crippen molar-refractivity contribution >= 4 is 35.1 Å². The Hall–Kier alpha value is -3.88. The van der Waals surface area contributed by atoms with Crippen molar-refractivity contribution in [1.82, 2.24) is 0 Å². The molecule has 9 nitrogen and oxygen atoms in total. The third-order valence-corrected chi connectivity index (χ3v) is 10.5. The van der Waals surface area contributed by atoms with E-state index in [9.17, 15) is 29.4 Å². The van der Waals surface area contributed by atoms with Crippen molar-refractivity contribution in [2.24, 2.45) is 33.5 Å². The van der Waals surface area contributed by atoms with Crippen molar-refractivity contribution in [2.45, 2.75) is 67.2 Å². The van der Waals surface area contributed by atoms with E-state index in [0.717, 1.165) is 0 Å². The van der Waals surface area contributed by atoms with Crippen LogP contribution in [0.2, 0.25) is 0 Å². The Morgan fingerprint density at radius 3 is 1.22 bits per heavy atom. The molecular weight excluding hydrogens is 524 g/mol. The average Bonchev–Trinajstić information content (AvgIpc) is 3.30. The molecule has 0 saturated heterocycles. The predicted molar refractivity (Wildman–Crippen MR) is 155 cm³/mol. The minimum atomic E-state index is -0.958. The fourth-order valence-electron chi connectivity index (χ4n) is 6.49. The van der Waals surface area contributed by atoms with Gasteiger partial charge in [-0.25, -0.2) is 0 Å². The lowest BCUT2D eigenvalue weighted by Gasteiger charge is -2.37. The zero-order chi connectivity index (χ0) is 30.4. The summed E-state index contributed by atoms with van der Waals surface area (Å²) in [7, 11) is 0. The summed E-state index contributed by atoms with van der Waals surface area (Å²) < 4.78 is 5.92. The maximum Gasteiger partial charge on any atom is 0.309 e. The minimum absolute atomic E-state index is 0.195. The molecule has 4 unspecified atom stereocenters. The van der Waals surface area contributed by atoms with Crippen LogP contribution in [0.3, 0.4) is 0 Å². The van der Waals surface area contributed by atoms with Gasteiger partial charge in [-0.3, -0.25) is 19.2 Å². The van der Waals surface area contributed by atoms with Crippen LogP contribution >= 0.6 is 0 Å². The molecule has 2 aliphatic rings. The molecule has 0 aromatic heterocycles. The summed E-state index contributed by atoms with van der Waals surface area (Å²) in [5, 5.41) is 25.3. The summed E-state index contributed by atoms with van der Waals surface area (Å²) >= 11 is 0. The van der Waals surface area contributed by atoms with Gasteiger partial charge in [0.1, 0.15) is 11.5 Å². The highest BCUT2D eigenvalue weighted by atomic mass is 16.5. The van der Waals surface area contributed by atoms with E-state index in [4.69, 9.17) is 4.74 Å². The molecule has 0 heterocycles. The van der Waals surface area contributed by atoms with Gasteiger partial charge in [-0.1, -0.05) is 27.7 Å². The molecule has 41 heavy (non-hydrogen) atoms. The fraction of sp³-hybridized carbons (Fsp3) is 0.500. The Morgan fingerprint density at radius 1 is 0.634 bits per heavy atom. The van der Waals surface area contributed by atoms with E-state index in [1.165, 1.54) is 0 Å². The number of carboxylic acid groups (broad SMARTS) is 2. The maximum atomic E-state index is 13.0. The number of hydrogen-bond acceptors (Lipinski definition) is 5. The first-order chi connectivity index (χ1) is 19.0. The van der Waals surface area contributed by atoms with Crippen LogP contribution in [-0.2, 0) is 19.2 Å². The molecule has 220 valence electrons. The molecule has 2 aromatic carbocycles. The highest BCUT2D eigenvalue weighted by Gasteiger charge is 2.59. The summed E-state index contributed by atoms with van der Waals surface area (Å²) in [4.78, 5) is 49.7. The minimum Gasteiger partial charge on any atom is -0.481 e. The van der Waals surface area contributed by atoms with Crippen LogP contribution in [0.1, 0.15) is 67.2 Å². The van der Waals surface area contributed by atoms with Crippen molar-refractivity contribution in [2.75, 3.05) is 10.6 Å².